The monoisotopic (exact) mass is 279 g/mol. The fourth-order valence-corrected chi connectivity index (χ4v) is 3.39. The van der Waals surface area contributed by atoms with Crippen LogP contribution in [0.3, 0.4) is 0 Å². The summed E-state index contributed by atoms with van der Waals surface area (Å²) >= 11 is 5.09. The van der Waals surface area contributed by atoms with Gasteiger partial charge in [-0.05, 0) is 44.6 Å². The Morgan fingerprint density at radius 3 is 3.16 bits per heavy atom. The van der Waals surface area contributed by atoms with E-state index in [0.717, 1.165) is 31.9 Å². The molecule has 0 spiro atoms. The fourth-order valence-electron chi connectivity index (χ4n) is 3.25. The molecular weight excluding hydrogens is 258 g/mol. The lowest BCUT2D eigenvalue weighted by molar-refractivity contribution is 0.215. The number of likely N-dealkylation sites (N-methyl/N-ethyl adjacent to an activating group) is 1. The van der Waals surface area contributed by atoms with E-state index in [0.29, 0.717) is 11.0 Å². The number of piperidine rings is 1. The van der Waals surface area contributed by atoms with Crippen molar-refractivity contribution in [3.05, 3.63) is 11.3 Å². The van der Waals surface area contributed by atoms with Crippen molar-refractivity contribution in [2.75, 3.05) is 31.5 Å². The van der Waals surface area contributed by atoms with Crippen LogP contribution in [0.2, 0.25) is 0 Å². The van der Waals surface area contributed by atoms with Crippen molar-refractivity contribution < 1.29 is 0 Å². The third-order valence-electron chi connectivity index (χ3n) is 4.23. The molecule has 1 fully saturated rings. The first kappa shape index (κ1) is 12.9. The van der Waals surface area contributed by atoms with Crippen molar-refractivity contribution in [3.63, 3.8) is 0 Å². The van der Waals surface area contributed by atoms with Crippen LogP contribution in [-0.4, -0.2) is 46.0 Å². The molecule has 3 rings (SSSR count). The summed E-state index contributed by atoms with van der Waals surface area (Å²) in [6.45, 7) is 6.63. The summed E-state index contributed by atoms with van der Waals surface area (Å²) in [5.41, 5.74) is 8.31. The first-order valence-electron chi connectivity index (χ1n) is 7.08. The van der Waals surface area contributed by atoms with Gasteiger partial charge in [0.1, 0.15) is 5.82 Å². The average molecular weight is 279 g/mol. The Balaban J connectivity index is 1.92. The summed E-state index contributed by atoms with van der Waals surface area (Å²) in [4.78, 5) is 2.50. The lowest BCUT2D eigenvalue weighted by atomic mass is 9.92. The molecule has 0 radical (unpaired) electrons. The molecule has 0 bridgehead atoms. The SMILES string of the molecule is CCN1CCCC(c2nn(C(N)=S)c3c2CCN3)C1. The molecule has 6 heteroatoms. The van der Waals surface area contributed by atoms with Crippen molar-refractivity contribution in [2.24, 2.45) is 5.73 Å². The largest absolute Gasteiger partial charge is 0.374 e. The minimum absolute atomic E-state index is 0.333. The van der Waals surface area contributed by atoms with E-state index in [9.17, 15) is 0 Å². The minimum atomic E-state index is 0.333. The minimum Gasteiger partial charge on any atom is -0.374 e. The quantitative estimate of drug-likeness (QED) is 0.795. The van der Waals surface area contributed by atoms with Crippen LogP contribution in [0.1, 0.15) is 36.9 Å². The number of rotatable bonds is 2. The van der Waals surface area contributed by atoms with Gasteiger partial charge in [0.25, 0.3) is 0 Å². The summed E-state index contributed by atoms with van der Waals surface area (Å²) in [6, 6.07) is 0. The number of nitrogens with two attached hydrogens (primary N) is 1. The topological polar surface area (TPSA) is 59.1 Å². The van der Waals surface area contributed by atoms with Crippen molar-refractivity contribution in [1.29, 1.82) is 0 Å². The molecule has 0 amide bonds. The molecule has 1 saturated heterocycles. The molecule has 1 unspecified atom stereocenters. The van der Waals surface area contributed by atoms with Crippen LogP contribution >= 0.6 is 12.2 Å². The third-order valence-corrected chi connectivity index (χ3v) is 4.40. The Hall–Kier alpha value is -1.14. The second kappa shape index (κ2) is 5.09. The number of hydrogen-bond donors (Lipinski definition) is 2. The highest BCUT2D eigenvalue weighted by Gasteiger charge is 2.30. The second-order valence-electron chi connectivity index (χ2n) is 5.37. The average Bonchev–Trinajstić information content (AvgIpc) is 2.99. The number of nitrogens with one attached hydrogen (secondary N) is 1. The van der Waals surface area contributed by atoms with E-state index in [4.69, 9.17) is 18.0 Å². The van der Waals surface area contributed by atoms with Gasteiger partial charge in [0.05, 0.1) is 5.69 Å². The number of anilines is 1. The Kier molecular flexibility index (Phi) is 3.45. The van der Waals surface area contributed by atoms with Crippen molar-refractivity contribution >= 4 is 23.1 Å². The molecule has 0 aromatic carbocycles. The van der Waals surface area contributed by atoms with Crippen molar-refractivity contribution in [2.45, 2.75) is 32.1 Å². The molecular formula is C13H21N5S. The lowest BCUT2D eigenvalue weighted by Crippen LogP contribution is -2.34. The molecule has 2 aliphatic heterocycles. The van der Waals surface area contributed by atoms with Crippen LogP contribution in [0.25, 0.3) is 0 Å². The van der Waals surface area contributed by atoms with E-state index in [1.54, 1.807) is 4.68 Å². The van der Waals surface area contributed by atoms with Crippen LogP contribution < -0.4 is 11.1 Å². The number of nitrogens with zero attached hydrogens (tertiary/aromatic N) is 3. The maximum absolute atomic E-state index is 5.76. The second-order valence-corrected chi connectivity index (χ2v) is 5.79. The normalized spacial score (nSPS) is 23.1. The van der Waals surface area contributed by atoms with Crippen molar-refractivity contribution in [3.8, 4) is 0 Å². The molecule has 5 nitrogen and oxygen atoms in total. The van der Waals surface area contributed by atoms with Gasteiger partial charge < -0.3 is 16.0 Å². The molecule has 0 aliphatic carbocycles. The van der Waals surface area contributed by atoms with Gasteiger partial charge in [0.15, 0.2) is 5.11 Å². The van der Waals surface area contributed by atoms with Crippen LogP contribution in [0.5, 0.6) is 0 Å². The zero-order valence-corrected chi connectivity index (χ0v) is 12.2. The summed E-state index contributed by atoms with van der Waals surface area (Å²) in [5, 5.41) is 8.37. The van der Waals surface area contributed by atoms with Gasteiger partial charge >= 0.3 is 0 Å². The molecule has 3 heterocycles. The number of likely N-dealkylation sites (tertiary alicyclic amines) is 1. The summed E-state index contributed by atoms with van der Waals surface area (Å²) < 4.78 is 1.71. The zero-order valence-electron chi connectivity index (χ0n) is 11.4. The van der Waals surface area contributed by atoms with E-state index >= 15 is 0 Å². The van der Waals surface area contributed by atoms with Gasteiger partial charge in [0, 0.05) is 24.6 Å². The highest BCUT2D eigenvalue weighted by Crippen LogP contribution is 2.34. The maximum Gasteiger partial charge on any atom is 0.193 e. The van der Waals surface area contributed by atoms with E-state index < -0.39 is 0 Å². The van der Waals surface area contributed by atoms with Crippen LogP contribution in [-0.2, 0) is 6.42 Å². The standard InChI is InChI=1S/C13H21N5S/c1-2-17-7-3-4-9(8-17)11-10-5-6-15-12(10)18(16-11)13(14)19/h9,15H,2-8H2,1H3,(H2,14,19). The van der Waals surface area contributed by atoms with Crippen LogP contribution in [0, 0.1) is 0 Å². The van der Waals surface area contributed by atoms with E-state index in [1.165, 1.54) is 30.6 Å². The first-order valence-corrected chi connectivity index (χ1v) is 7.49. The van der Waals surface area contributed by atoms with Crippen molar-refractivity contribution in [1.82, 2.24) is 14.7 Å². The van der Waals surface area contributed by atoms with Gasteiger partial charge in [-0.15, -0.1) is 0 Å². The maximum atomic E-state index is 5.76. The number of thiocarbonyl (C=S) groups is 1. The van der Waals surface area contributed by atoms with Gasteiger partial charge in [-0.3, -0.25) is 0 Å². The lowest BCUT2D eigenvalue weighted by Gasteiger charge is -2.31. The Morgan fingerprint density at radius 2 is 2.42 bits per heavy atom. The van der Waals surface area contributed by atoms with Crippen LogP contribution in [0.15, 0.2) is 0 Å². The number of fused-ring (bicyclic) bond motifs is 1. The molecule has 1 aromatic rings. The van der Waals surface area contributed by atoms with Gasteiger partial charge in [-0.2, -0.15) is 9.78 Å². The smallest absolute Gasteiger partial charge is 0.193 e. The summed E-state index contributed by atoms with van der Waals surface area (Å²) in [5.74, 6) is 1.55. The van der Waals surface area contributed by atoms with Gasteiger partial charge in [0.2, 0.25) is 0 Å². The summed E-state index contributed by atoms with van der Waals surface area (Å²) in [6.07, 6.45) is 3.51. The molecule has 0 saturated carbocycles. The van der Waals surface area contributed by atoms with E-state index in [1.807, 2.05) is 0 Å². The van der Waals surface area contributed by atoms with E-state index in [2.05, 4.69) is 22.2 Å². The Morgan fingerprint density at radius 1 is 1.58 bits per heavy atom. The Labute approximate surface area is 119 Å². The van der Waals surface area contributed by atoms with Gasteiger partial charge in [-0.25, -0.2) is 0 Å². The molecule has 104 valence electrons. The van der Waals surface area contributed by atoms with Gasteiger partial charge in [-0.1, -0.05) is 6.92 Å². The summed E-state index contributed by atoms with van der Waals surface area (Å²) in [7, 11) is 0. The Bertz CT molecular complexity index is 495. The van der Waals surface area contributed by atoms with Crippen LogP contribution in [0.4, 0.5) is 5.82 Å². The third kappa shape index (κ3) is 2.23. The van der Waals surface area contributed by atoms with E-state index in [-0.39, 0.29) is 0 Å². The zero-order chi connectivity index (χ0) is 13.4. The predicted molar refractivity (Wildman–Crippen MR) is 80.7 cm³/mol. The highest BCUT2D eigenvalue weighted by atomic mass is 32.1. The first-order chi connectivity index (χ1) is 9.20. The fraction of sp³-hybridized carbons (Fsp3) is 0.692. The molecule has 19 heavy (non-hydrogen) atoms. The number of hydrogen-bond acceptors (Lipinski definition) is 4. The molecule has 3 N–H and O–H groups in total. The number of aromatic nitrogens is 2. The predicted octanol–water partition coefficient (Wildman–Crippen LogP) is 1.14. The molecule has 1 atom stereocenters. The highest BCUT2D eigenvalue weighted by molar-refractivity contribution is 7.80. The molecule has 1 aromatic heterocycles. The molecule has 2 aliphatic rings.